The summed E-state index contributed by atoms with van der Waals surface area (Å²) < 4.78 is 16.0. The Morgan fingerprint density at radius 1 is 1.48 bits per heavy atom. The Hall–Kier alpha value is -1.79. The number of methoxy groups -OCH3 is 2. The quantitative estimate of drug-likeness (QED) is 0.784. The van der Waals surface area contributed by atoms with Gasteiger partial charge in [-0.15, -0.1) is 0 Å². The summed E-state index contributed by atoms with van der Waals surface area (Å²) in [5, 5.41) is 3.17. The van der Waals surface area contributed by atoms with Crippen molar-refractivity contribution in [2.75, 3.05) is 27.4 Å². The molecule has 0 bridgehead atoms. The zero-order valence-electron chi connectivity index (χ0n) is 12.4. The lowest BCUT2D eigenvalue weighted by molar-refractivity contribution is -0.120. The van der Waals surface area contributed by atoms with Crippen molar-refractivity contribution in [1.29, 1.82) is 0 Å². The predicted octanol–water partition coefficient (Wildman–Crippen LogP) is 0.999. The monoisotopic (exact) mass is 294 g/mol. The Morgan fingerprint density at radius 2 is 2.29 bits per heavy atom. The highest BCUT2D eigenvalue weighted by Gasteiger charge is 2.24. The van der Waals surface area contributed by atoms with E-state index in [0.717, 1.165) is 19.4 Å². The van der Waals surface area contributed by atoms with Crippen molar-refractivity contribution < 1.29 is 19.0 Å². The third-order valence-electron chi connectivity index (χ3n) is 3.61. The van der Waals surface area contributed by atoms with Crippen LogP contribution in [0.15, 0.2) is 18.2 Å². The topological polar surface area (TPSA) is 82.8 Å². The van der Waals surface area contributed by atoms with Crippen LogP contribution in [0.1, 0.15) is 24.4 Å². The zero-order chi connectivity index (χ0) is 15.2. The van der Waals surface area contributed by atoms with E-state index in [1.54, 1.807) is 32.4 Å². The lowest BCUT2D eigenvalue weighted by atomic mass is 10.0. The molecule has 0 saturated carbocycles. The van der Waals surface area contributed by atoms with Gasteiger partial charge in [0.15, 0.2) is 0 Å². The average molecular weight is 294 g/mol. The minimum atomic E-state index is -0.616. The molecule has 1 aromatic rings. The van der Waals surface area contributed by atoms with E-state index < -0.39 is 11.9 Å². The van der Waals surface area contributed by atoms with Crippen LogP contribution in [0.25, 0.3) is 0 Å². The van der Waals surface area contributed by atoms with Crippen LogP contribution in [-0.4, -0.2) is 39.4 Å². The number of carbonyl (C=O) groups is 1. The average Bonchev–Trinajstić information content (AvgIpc) is 3.00. The Bertz CT molecular complexity index is 487. The number of rotatable bonds is 7. The van der Waals surface area contributed by atoms with Crippen molar-refractivity contribution in [3.8, 4) is 11.5 Å². The van der Waals surface area contributed by atoms with Crippen LogP contribution in [0.2, 0.25) is 0 Å². The molecule has 2 rings (SSSR count). The summed E-state index contributed by atoms with van der Waals surface area (Å²) in [6, 6.07) is 4.69. The molecule has 21 heavy (non-hydrogen) atoms. The second-order valence-corrected chi connectivity index (χ2v) is 4.99. The summed E-state index contributed by atoms with van der Waals surface area (Å²) in [6.45, 7) is 1.36. The smallest absolute Gasteiger partial charge is 0.239 e. The highest BCUT2D eigenvalue weighted by molar-refractivity contribution is 5.82. The van der Waals surface area contributed by atoms with E-state index in [1.165, 1.54) is 0 Å². The molecule has 0 radical (unpaired) electrons. The second kappa shape index (κ2) is 7.28. The fourth-order valence-electron chi connectivity index (χ4n) is 2.48. The molecular weight excluding hydrogens is 272 g/mol. The molecule has 1 heterocycles. The third kappa shape index (κ3) is 3.86. The van der Waals surface area contributed by atoms with Gasteiger partial charge in [-0.25, -0.2) is 0 Å². The molecule has 3 N–H and O–H groups in total. The van der Waals surface area contributed by atoms with Crippen LogP contribution in [-0.2, 0) is 9.53 Å². The Morgan fingerprint density at radius 3 is 2.86 bits per heavy atom. The minimum absolute atomic E-state index is 0.135. The first-order chi connectivity index (χ1) is 10.2. The van der Waals surface area contributed by atoms with E-state index in [9.17, 15) is 4.79 Å². The van der Waals surface area contributed by atoms with Gasteiger partial charge in [-0.05, 0) is 25.0 Å². The van der Waals surface area contributed by atoms with Crippen molar-refractivity contribution in [2.45, 2.75) is 25.0 Å². The van der Waals surface area contributed by atoms with Crippen molar-refractivity contribution >= 4 is 5.91 Å². The maximum Gasteiger partial charge on any atom is 0.239 e. The summed E-state index contributed by atoms with van der Waals surface area (Å²) >= 11 is 0. The minimum Gasteiger partial charge on any atom is -0.497 e. The molecule has 2 unspecified atom stereocenters. The summed E-state index contributed by atoms with van der Waals surface area (Å²) in [5.74, 6) is 0.785. The van der Waals surface area contributed by atoms with Crippen molar-refractivity contribution in [3.63, 3.8) is 0 Å². The summed E-state index contributed by atoms with van der Waals surface area (Å²) in [5.41, 5.74) is 6.22. The Kier molecular flexibility index (Phi) is 5.41. The largest absolute Gasteiger partial charge is 0.497 e. The lowest BCUT2D eigenvalue weighted by Gasteiger charge is -2.20. The van der Waals surface area contributed by atoms with Gasteiger partial charge >= 0.3 is 0 Å². The van der Waals surface area contributed by atoms with Crippen molar-refractivity contribution in [1.82, 2.24) is 5.32 Å². The van der Waals surface area contributed by atoms with Crippen LogP contribution in [0.3, 0.4) is 0 Å². The second-order valence-electron chi connectivity index (χ2n) is 4.99. The first-order valence-corrected chi connectivity index (χ1v) is 7.02. The number of hydrogen-bond donors (Lipinski definition) is 2. The van der Waals surface area contributed by atoms with Crippen LogP contribution in [0.5, 0.6) is 11.5 Å². The van der Waals surface area contributed by atoms with Gasteiger partial charge in [0, 0.05) is 24.8 Å². The van der Waals surface area contributed by atoms with Gasteiger partial charge in [0.2, 0.25) is 5.91 Å². The molecule has 1 fully saturated rings. The molecule has 116 valence electrons. The number of ether oxygens (including phenoxy) is 3. The fourth-order valence-corrected chi connectivity index (χ4v) is 2.48. The van der Waals surface area contributed by atoms with Gasteiger partial charge in [-0.2, -0.15) is 0 Å². The number of nitrogens with one attached hydrogen (secondary N) is 1. The highest BCUT2D eigenvalue weighted by atomic mass is 16.5. The third-order valence-corrected chi connectivity index (χ3v) is 3.61. The lowest BCUT2D eigenvalue weighted by Crippen LogP contribution is -2.38. The number of nitrogens with two attached hydrogens (primary N) is 1. The number of primary amides is 1. The fraction of sp³-hybridized carbons (Fsp3) is 0.533. The number of benzene rings is 1. The molecule has 0 spiro atoms. The summed E-state index contributed by atoms with van der Waals surface area (Å²) in [4.78, 5) is 11.8. The molecule has 1 aromatic carbocycles. The molecule has 6 heteroatoms. The van der Waals surface area contributed by atoms with Gasteiger partial charge < -0.3 is 19.9 Å². The summed E-state index contributed by atoms with van der Waals surface area (Å²) in [6.07, 6.45) is 2.19. The van der Waals surface area contributed by atoms with E-state index in [4.69, 9.17) is 19.9 Å². The van der Waals surface area contributed by atoms with E-state index in [2.05, 4.69) is 5.32 Å². The molecular formula is C15H22N2O4. The first-order valence-electron chi connectivity index (χ1n) is 7.02. The van der Waals surface area contributed by atoms with Crippen LogP contribution >= 0.6 is 0 Å². The number of carbonyl (C=O) groups excluding carboxylic acids is 1. The number of amides is 1. The van der Waals surface area contributed by atoms with E-state index in [0.29, 0.717) is 23.6 Å². The molecule has 1 amide bonds. The molecule has 1 aliphatic heterocycles. The predicted molar refractivity (Wildman–Crippen MR) is 78.5 cm³/mol. The van der Waals surface area contributed by atoms with Crippen molar-refractivity contribution in [3.05, 3.63) is 23.8 Å². The van der Waals surface area contributed by atoms with E-state index >= 15 is 0 Å². The van der Waals surface area contributed by atoms with Crippen LogP contribution in [0.4, 0.5) is 0 Å². The van der Waals surface area contributed by atoms with Gasteiger partial charge in [-0.3, -0.25) is 10.1 Å². The van der Waals surface area contributed by atoms with Gasteiger partial charge in [0.1, 0.15) is 17.5 Å². The van der Waals surface area contributed by atoms with Gasteiger partial charge in [0.05, 0.1) is 20.3 Å². The van der Waals surface area contributed by atoms with Gasteiger partial charge in [-0.1, -0.05) is 0 Å². The Balaban J connectivity index is 2.14. The maximum absolute atomic E-state index is 11.8. The van der Waals surface area contributed by atoms with E-state index in [1.807, 2.05) is 0 Å². The van der Waals surface area contributed by atoms with Crippen molar-refractivity contribution in [2.24, 2.45) is 5.73 Å². The van der Waals surface area contributed by atoms with E-state index in [-0.39, 0.29) is 6.10 Å². The molecule has 2 atom stereocenters. The molecule has 0 aromatic heterocycles. The van der Waals surface area contributed by atoms with Crippen LogP contribution in [0, 0.1) is 0 Å². The summed E-state index contributed by atoms with van der Waals surface area (Å²) in [7, 11) is 3.13. The maximum atomic E-state index is 11.8. The van der Waals surface area contributed by atoms with Crippen LogP contribution < -0.4 is 20.5 Å². The Labute approximate surface area is 124 Å². The standard InChI is InChI=1S/C15H22N2O4/c1-19-10-5-6-12(13(8-10)20-2)14(15(16)18)17-9-11-4-3-7-21-11/h5-6,8,11,14,17H,3-4,7,9H2,1-2H3,(H2,16,18). The molecule has 6 nitrogen and oxygen atoms in total. The zero-order valence-corrected chi connectivity index (χ0v) is 12.4. The SMILES string of the molecule is COc1ccc(C(NCC2CCCO2)C(N)=O)c(OC)c1. The highest BCUT2D eigenvalue weighted by Crippen LogP contribution is 2.29. The number of hydrogen-bond acceptors (Lipinski definition) is 5. The molecule has 1 aliphatic rings. The van der Waals surface area contributed by atoms with Gasteiger partial charge in [0.25, 0.3) is 0 Å². The first kappa shape index (κ1) is 15.6. The molecule has 1 saturated heterocycles. The normalized spacial score (nSPS) is 19.2. The molecule has 0 aliphatic carbocycles.